The highest BCUT2D eigenvalue weighted by atomic mass is 16.5. The molecule has 3 heterocycles. The molecule has 1 aliphatic rings. The molecule has 1 fully saturated rings. The molecule has 0 radical (unpaired) electrons. The zero-order valence-corrected chi connectivity index (χ0v) is 15.9. The van der Waals surface area contributed by atoms with Crippen LogP contribution in [0.1, 0.15) is 59.4 Å². The summed E-state index contributed by atoms with van der Waals surface area (Å²) in [5.41, 5.74) is 3.29. The SMILES string of the molecule is Cc1cc(CCC2CN(C(=O)c3c(C(C)C)noc3C)CCO2)ncn1. The lowest BCUT2D eigenvalue weighted by atomic mass is 10.0. The molecule has 0 bridgehead atoms. The minimum Gasteiger partial charge on any atom is -0.375 e. The third kappa shape index (κ3) is 4.09. The Morgan fingerprint density at radius 1 is 1.35 bits per heavy atom. The molecule has 1 unspecified atom stereocenters. The third-order valence-electron chi connectivity index (χ3n) is 4.66. The van der Waals surface area contributed by atoms with Crippen molar-refractivity contribution < 1.29 is 14.1 Å². The molecular formula is C19H26N4O3. The summed E-state index contributed by atoms with van der Waals surface area (Å²) in [6.07, 6.45) is 3.22. The van der Waals surface area contributed by atoms with Gasteiger partial charge in [0.05, 0.1) is 18.4 Å². The first-order valence-electron chi connectivity index (χ1n) is 9.10. The topological polar surface area (TPSA) is 81.4 Å². The largest absolute Gasteiger partial charge is 0.375 e. The maximum atomic E-state index is 13.0. The molecule has 140 valence electrons. The van der Waals surface area contributed by atoms with Crippen molar-refractivity contribution in [2.24, 2.45) is 0 Å². The molecular weight excluding hydrogens is 332 g/mol. The number of aromatic nitrogens is 3. The van der Waals surface area contributed by atoms with Gasteiger partial charge in [-0.25, -0.2) is 9.97 Å². The number of morpholine rings is 1. The van der Waals surface area contributed by atoms with E-state index in [1.807, 2.05) is 31.7 Å². The van der Waals surface area contributed by atoms with Crippen molar-refractivity contribution in [3.05, 3.63) is 40.8 Å². The molecule has 0 N–H and O–H groups in total. The Morgan fingerprint density at radius 2 is 2.15 bits per heavy atom. The molecule has 0 saturated carbocycles. The van der Waals surface area contributed by atoms with Crippen molar-refractivity contribution in [1.29, 1.82) is 0 Å². The van der Waals surface area contributed by atoms with E-state index in [1.165, 1.54) is 0 Å². The van der Waals surface area contributed by atoms with Crippen LogP contribution in [0.15, 0.2) is 16.9 Å². The Bertz CT molecular complexity index is 772. The van der Waals surface area contributed by atoms with Crippen molar-refractivity contribution in [1.82, 2.24) is 20.0 Å². The van der Waals surface area contributed by atoms with Crippen LogP contribution in [-0.2, 0) is 11.2 Å². The molecule has 7 nitrogen and oxygen atoms in total. The van der Waals surface area contributed by atoms with Crippen LogP contribution in [0.4, 0.5) is 0 Å². The fourth-order valence-electron chi connectivity index (χ4n) is 3.24. The Balaban J connectivity index is 1.65. The molecule has 2 aromatic rings. The lowest BCUT2D eigenvalue weighted by Gasteiger charge is -2.33. The van der Waals surface area contributed by atoms with E-state index in [4.69, 9.17) is 9.26 Å². The smallest absolute Gasteiger partial charge is 0.259 e. The Labute approximate surface area is 153 Å². The Morgan fingerprint density at radius 3 is 2.88 bits per heavy atom. The maximum Gasteiger partial charge on any atom is 0.259 e. The van der Waals surface area contributed by atoms with E-state index >= 15 is 0 Å². The lowest BCUT2D eigenvalue weighted by Crippen LogP contribution is -2.46. The first kappa shape index (κ1) is 18.5. The number of hydrogen-bond acceptors (Lipinski definition) is 6. The van der Waals surface area contributed by atoms with Crippen molar-refractivity contribution in [2.45, 2.75) is 52.6 Å². The average Bonchev–Trinajstić information content (AvgIpc) is 3.01. The number of hydrogen-bond donors (Lipinski definition) is 0. The standard InChI is InChI=1S/C19H26N4O3/c1-12(2)18-17(14(4)26-22-18)19(24)23-7-8-25-16(10-23)6-5-15-9-13(3)20-11-21-15/h9,11-12,16H,5-8,10H2,1-4H3. The summed E-state index contributed by atoms with van der Waals surface area (Å²) in [6.45, 7) is 9.48. The lowest BCUT2D eigenvalue weighted by molar-refractivity contribution is -0.0247. The van der Waals surface area contributed by atoms with Gasteiger partial charge in [-0.3, -0.25) is 4.79 Å². The Hall–Kier alpha value is -2.28. The minimum absolute atomic E-state index is 0.00522. The first-order chi connectivity index (χ1) is 12.5. The highest BCUT2D eigenvalue weighted by Crippen LogP contribution is 2.24. The van der Waals surface area contributed by atoms with Gasteiger partial charge in [0.15, 0.2) is 0 Å². The van der Waals surface area contributed by atoms with Crippen LogP contribution in [0.2, 0.25) is 0 Å². The summed E-state index contributed by atoms with van der Waals surface area (Å²) in [4.78, 5) is 23.3. The fraction of sp³-hybridized carbons (Fsp3) is 0.579. The molecule has 0 spiro atoms. The monoisotopic (exact) mass is 358 g/mol. The van der Waals surface area contributed by atoms with E-state index in [0.717, 1.165) is 29.9 Å². The average molecular weight is 358 g/mol. The highest BCUT2D eigenvalue weighted by Gasteiger charge is 2.30. The van der Waals surface area contributed by atoms with Gasteiger partial charge >= 0.3 is 0 Å². The van der Waals surface area contributed by atoms with Gasteiger partial charge in [-0.2, -0.15) is 0 Å². The first-order valence-corrected chi connectivity index (χ1v) is 9.10. The molecule has 1 saturated heterocycles. The summed E-state index contributed by atoms with van der Waals surface area (Å²) < 4.78 is 11.1. The molecule has 26 heavy (non-hydrogen) atoms. The molecule has 1 amide bonds. The fourth-order valence-corrected chi connectivity index (χ4v) is 3.24. The van der Waals surface area contributed by atoms with Crippen LogP contribution in [-0.4, -0.2) is 51.7 Å². The molecule has 1 aliphatic heterocycles. The Kier molecular flexibility index (Phi) is 5.66. The van der Waals surface area contributed by atoms with Gasteiger partial charge in [-0.15, -0.1) is 0 Å². The zero-order chi connectivity index (χ0) is 18.7. The molecule has 1 atom stereocenters. The summed E-state index contributed by atoms with van der Waals surface area (Å²) in [5, 5.41) is 4.07. The van der Waals surface area contributed by atoms with Gasteiger partial charge in [-0.05, 0) is 38.7 Å². The van der Waals surface area contributed by atoms with Gasteiger partial charge in [-0.1, -0.05) is 19.0 Å². The number of aryl methyl sites for hydroxylation is 3. The van der Waals surface area contributed by atoms with Crippen LogP contribution in [0.3, 0.4) is 0 Å². The number of ether oxygens (including phenoxy) is 1. The minimum atomic E-state index is -0.0152. The van der Waals surface area contributed by atoms with Crippen molar-refractivity contribution in [3.8, 4) is 0 Å². The van der Waals surface area contributed by atoms with Crippen molar-refractivity contribution >= 4 is 5.91 Å². The molecule has 3 rings (SSSR count). The van der Waals surface area contributed by atoms with E-state index < -0.39 is 0 Å². The van der Waals surface area contributed by atoms with Gasteiger partial charge in [0.1, 0.15) is 17.7 Å². The number of rotatable bonds is 5. The van der Waals surface area contributed by atoms with E-state index in [-0.39, 0.29) is 17.9 Å². The predicted octanol–water partition coefficient (Wildman–Crippen LogP) is 2.68. The summed E-state index contributed by atoms with van der Waals surface area (Å²) >= 11 is 0. The maximum absolute atomic E-state index is 13.0. The zero-order valence-electron chi connectivity index (χ0n) is 15.9. The second-order valence-corrected chi connectivity index (χ2v) is 7.09. The van der Waals surface area contributed by atoms with Crippen molar-refractivity contribution in [3.63, 3.8) is 0 Å². The normalized spacial score (nSPS) is 17.7. The molecule has 0 aromatic carbocycles. The van der Waals surface area contributed by atoms with Crippen LogP contribution in [0, 0.1) is 13.8 Å². The van der Waals surface area contributed by atoms with Gasteiger partial charge < -0.3 is 14.2 Å². The van der Waals surface area contributed by atoms with Gasteiger partial charge in [0.25, 0.3) is 5.91 Å². The van der Waals surface area contributed by atoms with E-state index in [1.54, 1.807) is 13.3 Å². The van der Waals surface area contributed by atoms with Crippen molar-refractivity contribution in [2.75, 3.05) is 19.7 Å². The molecule has 7 heteroatoms. The summed E-state index contributed by atoms with van der Waals surface area (Å²) in [7, 11) is 0. The highest BCUT2D eigenvalue weighted by molar-refractivity contribution is 5.96. The number of amides is 1. The summed E-state index contributed by atoms with van der Waals surface area (Å²) in [6, 6.07) is 1.99. The van der Waals surface area contributed by atoms with Gasteiger partial charge in [0.2, 0.25) is 0 Å². The van der Waals surface area contributed by atoms with Crippen LogP contribution >= 0.6 is 0 Å². The summed E-state index contributed by atoms with van der Waals surface area (Å²) in [5.74, 6) is 0.709. The third-order valence-corrected chi connectivity index (χ3v) is 4.66. The number of carbonyl (C=O) groups is 1. The van der Waals surface area contributed by atoms with E-state index in [0.29, 0.717) is 31.0 Å². The second kappa shape index (κ2) is 7.95. The van der Waals surface area contributed by atoms with E-state index in [9.17, 15) is 4.79 Å². The predicted molar refractivity (Wildman–Crippen MR) is 96.1 cm³/mol. The van der Waals surface area contributed by atoms with Gasteiger partial charge in [0, 0.05) is 24.5 Å². The van der Waals surface area contributed by atoms with Crippen LogP contribution < -0.4 is 0 Å². The molecule has 0 aliphatic carbocycles. The van der Waals surface area contributed by atoms with Crippen LogP contribution in [0.5, 0.6) is 0 Å². The second-order valence-electron chi connectivity index (χ2n) is 7.09. The van der Waals surface area contributed by atoms with Crippen LogP contribution in [0.25, 0.3) is 0 Å². The quantitative estimate of drug-likeness (QED) is 0.817. The molecule has 2 aromatic heterocycles. The number of nitrogens with zero attached hydrogens (tertiary/aromatic N) is 4. The number of carbonyl (C=O) groups excluding carboxylic acids is 1. The van der Waals surface area contributed by atoms with E-state index in [2.05, 4.69) is 15.1 Å².